The second-order valence-corrected chi connectivity index (χ2v) is 4.52. The molecule has 0 radical (unpaired) electrons. The molecule has 0 saturated heterocycles. The zero-order valence-corrected chi connectivity index (χ0v) is 11.4. The van der Waals surface area contributed by atoms with E-state index in [0.717, 1.165) is 24.1 Å². The van der Waals surface area contributed by atoms with E-state index in [1.807, 2.05) is 18.2 Å². The molecule has 0 aliphatic carbocycles. The average molecular weight is 270 g/mol. The lowest BCUT2D eigenvalue weighted by molar-refractivity contribution is -0.111. The summed E-state index contributed by atoms with van der Waals surface area (Å²) in [6.45, 7) is 2.09. The molecule has 0 fully saturated rings. The molecule has 2 rings (SSSR count). The summed E-state index contributed by atoms with van der Waals surface area (Å²) >= 11 is 0. The Bertz CT molecular complexity index is 616. The average Bonchev–Trinajstić information content (AvgIpc) is 2.84. The first-order valence-electron chi connectivity index (χ1n) is 6.56. The molecule has 5 nitrogen and oxygen atoms in total. The molecule has 0 spiro atoms. The van der Waals surface area contributed by atoms with E-state index in [4.69, 9.17) is 5.73 Å². The Morgan fingerprint density at radius 1 is 1.45 bits per heavy atom. The van der Waals surface area contributed by atoms with Gasteiger partial charge in [-0.1, -0.05) is 25.5 Å². The Hall–Kier alpha value is -2.56. The fraction of sp³-hybridized carbons (Fsp3) is 0.200. The molecule has 0 saturated carbocycles. The van der Waals surface area contributed by atoms with Crippen molar-refractivity contribution in [1.29, 1.82) is 0 Å². The molecule has 0 bridgehead atoms. The van der Waals surface area contributed by atoms with Crippen LogP contribution in [-0.2, 0) is 11.2 Å². The van der Waals surface area contributed by atoms with Crippen molar-refractivity contribution in [3.63, 3.8) is 0 Å². The zero-order valence-electron chi connectivity index (χ0n) is 11.4. The molecule has 1 amide bonds. The lowest BCUT2D eigenvalue weighted by atomic mass is 10.2. The van der Waals surface area contributed by atoms with Crippen molar-refractivity contribution in [2.24, 2.45) is 0 Å². The van der Waals surface area contributed by atoms with E-state index in [9.17, 15) is 4.79 Å². The van der Waals surface area contributed by atoms with Gasteiger partial charge in [0.15, 0.2) is 5.82 Å². The summed E-state index contributed by atoms with van der Waals surface area (Å²) < 4.78 is 0. The van der Waals surface area contributed by atoms with Crippen LogP contribution in [0, 0.1) is 0 Å². The van der Waals surface area contributed by atoms with Gasteiger partial charge in [-0.05, 0) is 30.2 Å². The molecular formula is C15H18N4O. The van der Waals surface area contributed by atoms with Gasteiger partial charge in [-0.3, -0.25) is 9.89 Å². The number of amides is 1. The zero-order chi connectivity index (χ0) is 14.4. The number of aromatic amines is 1. The Labute approximate surface area is 117 Å². The van der Waals surface area contributed by atoms with Crippen molar-refractivity contribution in [2.45, 2.75) is 19.8 Å². The summed E-state index contributed by atoms with van der Waals surface area (Å²) in [5.74, 6) is 0.317. The number of hydrogen-bond acceptors (Lipinski definition) is 3. The number of carbonyl (C=O) groups is 1. The van der Waals surface area contributed by atoms with Crippen LogP contribution in [0.15, 0.2) is 36.4 Å². The van der Waals surface area contributed by atoms with E-state index in [-0.39, 0.29) is 5.91 Å². The maximum absolute atomic E-state index is 11.8. The van der Waals surface area contributed by atoms with Gasteiger partial charge in [-0.25, -0.2) is 0 Å². The van der Waals surface area contributed by atoms with Gasteiger partial charge in [-0.15, -0.1) is 0 Å². The molecule has 1 aromatic carbocycles. The van der Waals surface area contributed by atoms with Gasteiger partial charge in [0.05, 0.1) is 0 Å². The van der Waals surface area contributed by atoms with Crippen LogP contribution in [0.2, 0.25) is 0 Å². The number of anilines is 2. The van der Waals surface area contributed by atoms with E-state index in [1.165, 1.54) is 6.08 Å². The highest BCUT2D eigenvalue weighted by Crippen LogP contribution is 2.09. The Morgan fingerprint density at radius 3 is 3.05 bits per heavy atom. The number of H-pyrrole nitrogens is 1. The SMILES string of the molecule is CCCc1cc(NC(=O)/C=C/c2cccc(N)c2)n[nH]1. The number of nitrogens with zero attached hydrogens (tertiary/aromatic N) is 1. The number of nitrogens with one attached hydrogen (secondary N) is 2. The third kappa shape index (κ3) is 3.98. The van der Waals surface area contributed by atoms with Crippen LogP contribution < -0.4 is 11.1 Å². The van der Waals surface area contributed by atoms with E-state index in [1.54, 1.807) is 18.2 Å². The lowest BCUT2D eigenvalue weighted by Crippen LogP contribution is -2.07. The van der Waals surface area contributed by atoms with E-state index in [2.05, 4.69) is 22.4 Å². The number of nitrogen functional groups attached to an aromatic ring is 1. The summed E-state index contributed by atoms with van der Waals surface area (Å²) in [4.78, 5) is 11.8. The van der Waals surface area contributed by atoms with Crippen LogP contribution in [0.4, 0.5) is 11.5 Å². The molecule has 0 atom stereocenters. The van der Waals surface area contributed by atoms with Gasteiger partial charge in [0.2, 0.25) is 5.91 Å². The molecule has 2 aromatic rings. The summed E-state index contributed by atoms with van der Waals surface area (Å²) in [5.41, 5.74) is 8.24. The van der Waals surface area contributed by atoms with Crippen LogP contribution >= 0.6 is 0 Å². The fourth-order valence-electron chi connectivity index (χ4n) is 1.83. The predicted molar refractivity (Wildman–Crippen MR) is 81.1 cm³/mol. The first-order valence-corrected chi connectivity index (χ1v) is 6.56. The summed E-state index contributed by atoms with van der Waals surface area (Å²) in [6.07, 6.45) is 5.13. The van der Waals surface area contributed by atoms with Crippen LogP contribution in [0.5, 0.6) is 0 Å². The normalized spacial score (nSPS) is 10.8. The Morgan fingerprint density at radius 2 is 2.30 bits per heavy atom. The maximum Gasteiger partial charge on any atom is 0.249 e. The second-order valence-electron chi connectivity index (χ2n) is 4.52. The predicted octanol–water partition coefficient (Wildman–Crippen LogP) is 2.60. The smallest absolute Gasteiger partial charge is 0.249 e. The largest absolute Gasteiger partial charge is 0.399 e. The van der Waals surface area contributed by atoms with Crippen molar-refractivity contribution in [2.75, 3.05) is 11.1 Å². The van der Waals surface area contributed by atoms with Gasteiger partial charge >= 0.3 is 0 Å². The minimum Gasteiger partial charge on any atom is -0.399 e. The van der Waals surface area contributed by atoms with Gasteiger partial charge in [0, 0.05) is 23.5 Å². The quantitative estimate of drug-likeness (QED) is 0.576. The van der Waals surface area contributed by atoms with Crippen molar-refractivity contribution in [3.8, 4) is 0 Å². The fourth-order valence-corrected chi connectivity index (χ4v) is 1.83. The van der Waals surface area contributed by atoms with Crippen molar-refractivity contribution >= 4 is 23.5 Å². The molecule has 0 aliphatic heterocycles. The topological polar surface area (TPSA) is 83.8 Å². The molecule has 0 unspecified atom stereocenters. The highest BCUT2D eigenvalue weighted by atomic mass is 16.1. The molecular weight excluding hydrogens is 252 g/mol. The number of rotatable bonds is 5. The summed E-state index contributed by atoms with van der Waals surface area (Å²) in [5, 5.41) is 9.63. The monoisotopic (exact) mass is 270 g/mol. The first kappa shape index (κ1) is 13.9. The highest BCUT2D eigenvalue weighted by molar-refractivity contribution is 6.01. The molecule has 0 aliphatic rings. The van der Waals surface area contributed by atoms with Crippen LogP contribution in [0.25, 0.3) is 6.08 Å². The molecule has 1 aromatic heterocycles. The van der Waals surface area contributed by atoms with Crippen LogP contribution in [-0.4, -0.2) is 16.1 Å². The number of hydrogen-bond donors (Lipinski definition) is 3. The standard InChI is InChI=1S/C15H18N4O/c1-2-4-13-10-14(19-18-13)17-15(20)8-7-11-5-3-6-12(16)9-11/h3,5-10H,2,4,16H2,1H3,(H2,17,18,19,20)/b8-7+. The number of aromatic nitrogens is 2. The summed E-state index contributed by atoms with van der Waals surface area (Å²) in [7, 11) is 0. The Balaban J connectivity index is 1.94. The van der Waals surface area contributed by atoms with E-state index in [0.29, 0.717) is 11.5 Å². The van der Waals surface area contributed by atoms with Gasteiger partial charge < -0.3 is 11.1 Å². The number of benzene rings is 1. The first-order chi connectivity index (χ1) is 9.67. The van der Waals surface area contributed by atoms with Gasteiger partial charge in [-0.2, -0.15) is 5.10 Å². The third-order valence-corrected chi connectivity index (χ3v) is 2.74. The Kier molecular flexibility index (Phi) is 4.55. The minimum atomic E-state index is -0.220. The number of carbonyl (C=O) groups excluding carboxylic acids is 1. The van der Waals surface area contributed by atoms with Crippen molar-refractivity contribution in [3.05, 3.63) is 47.7 Å². The molecule has 4 N–H and O–H groups in total. The number of nitrogens with two attached hydrogens (primary N) is 1. The lowest BCUT2D eigenvalue weighted by Gasteiger charge is -1.97. The molecule has 5 heteroatoms. The molecule has 1 heterocycles. The second kappa shape index (κ2) is 6.56. The molecule has 104 valence electrons. The van der Waals surface area contributed by atoms with Gasteiger partial charge in [0.1, 0.15) is 0 Å². The van der Waals surface area contributed by atoms with E-state index < -0.39 is 0 Å². The minimum absolute atomic E-state index is 0.220. The highest BCUT2D eigenvalue weighted by Gasteiger charge is 2.02. The maximum atomic E-state index is 11.8. The van der Waals surface area contributed by atoms with Crippen molar-refractivity contribution in [1.82, 2.24) is 10.2 Å². The van der Waals surface area contributed by atoms with Crippen molar-refractivity contribution < 1.29 is 4.79 Å². The van der Waals surface area contributed by atoms with Crippen LogP contribution in [0.1, 0.15) is 24.6 Å². The third-order valence-electron chi connectivity index (χ3n) is 2.74. The summed E-state index contributed by atoms with van der Waals surface area (Å²) in [6, 6.07) is 9.18. The number of aryl methyl sites for hydroxylation is 1. The van der Waals surface area contributed by atoms with Crippen LogP contribution in [0.3, 0.4) is 0 Å². The van der Waals surface area contributed by atoms with Gasteiger partial charge in [0.25, 0.3) is 0 Å². The van der Waals surface area contributed by atoms with E-state index >= 15 is 0 Å². The molecule has 20 heavy (non-hydrogen) atoms.